The molecule has 0 aliphatic rings. The zero-order valence-corrected chi connectivity index (χ0v) is 10.2. The molecule has 0 bridgehead atoms. The van der Waals surface area contributed by atoms with E-state index >= 15 is 0 Å². The minimum absolute atomic E-state index is 0.0849. The van der Waals surface area contributed by atoms with Crippen LogP contribution in [0.4, 0.5) is 13.2 Å². The minimum atomic E-state index is -4.66. The van der Waals surface area contributed by atoms with Gasteiger partial charge in [-0.15, -0.1) is 0 Å². The summed E-state index contributed by atoms with van der Waals surface area (Å²) < 4.78 is 39.2. The van der Waals surface area contributed by atoms with Crippen LogP contribution in [-0.2, 0) is 17.5 Å². The number of hydrogen-bond acceptors (Lipinski definition) is 2. The number of aldehydes is 1. The topological polar surface area (TPSA) is 34.9 Å². The maximum atomic E-state index is 12.7. The second kappa shape index (κ2) is 5.05. The van der Waals surface area contributed by atoms with Crippen LogP contribution in [0, 0.1) is 0 Å². The molecule has 2 aromatic rings. The van der Waals surface area contributed by atoms with Crippen LogP contribution in [0.15, 0.2) is 30.3 Å². The molecule has 100 valence electrons. The maximum Gasteiger partial charge on any atom is 0.436 e. The van der Waals surface area contributed by atoms with Crippen molar-refractivity contribution in [3.05, 3.63) is 41.0 Å². The van der Waals surface area contributed by atoms with E-state index in [-0.39, 0.29) is 12.2 Å². The molecular formula is C12H8ClF3N2O. The lowest BCUT2D eigenvalue weighted by Gasteiger charge is -2.04. The van der Waals surface area contributed by atoms with Gasteiger partial charge in [-0.05, 0) is 0 Å². The molecule has 0 radical (unpaired) electrons. The Morgan fingerprint density at radius 3 is 2.42 bits per heavy atom. The number of alkyl halides is 3. The standard InChI is InChI=1S/C12H8ClF3N2O/c13-9-10(8-4-2-1-3-5-8)18(6-7-19)17-11(9)12(14,15)16/h1-5,7H,6H2. The Hall–Kier alpha value is -1.82. The Morgan fingerprint density at radius 1 is 1.26 bits per heavy atom. The molecule has 0 saturated carbocycles. The molecule has 0 N–H and O–H groups in total. The number of carbonyl (C=O) groups excluding carboxylic acids is 1. The van der Waals surface area contributed by atoms with Crippen LogP contribution in [0.3, 0.4) is 0 Å². The molecule has 0 aliphatic heterocycles. The predicted octanol–water partition coefficient (Wildman–Crippen LogP) is 3.42. The van der Waals surface area contributed by atoms with Gasteiger partial charge in [0, 0.05) is 5.56 Å². The number of aromatic nitrogens is 2. The molecule has 19 heavy (non-hydrogen) atoms. The third-order valence-electron chi connectivity index (χ3n) is 2.46. The van der Waals surface area contributed by atoms with Gasteiger partial charge in [0.25, 0.3) is 0 Å². The lowest BCUT2D eigenvalue weighted by atomic mass is 10.1. The van der Waals surface area contributed by atoms with Crippen LogP contribution >= 0.6 is 11.6 Å². The predicted molar refractivity (Wildman–Crippen MR) is 63.7 cm³/mol. The average Bonchev–Trinajstić information content (AvgIpc) is 2.68. The molecule has 3 nitrogen and oxygen atoms in total. The fourth-order valence-electron chi connectivity index (χ4n) is 1.70. The molecule has 7 heteroatoms. The highest BCUT2D eigenvalue weighted by molar-refractivity contribution is 6.33. The zero-order valence-electron chi connectivity index (χ0n) is 9.49. The van der Waals surface area contributed by atoms with Crippen LogP contribution in [0.5, 0.6) is 0 Å². The summed E-state index contributed by atoms with van der Waals surface area (Å²) in [7, 11) is 0. The van der Waals surface area contributed by atoms with E-state index in [9.17, 15) is 18.0 Å². The van der Waals surface area contributed by atoms with Crippen molar-refractivity contribution in [1.82, 2.24) is 9.78 Å². The van der Waals surface area contributed by atoms with Crippen LogP contribution < -0.4 is 0 Å². The lowest BCUT2D eigenvalue weighted by molar-refractivity contribution is -0.141. The van der Waals surface area contributed by atoms with Crippen molar-refractivity contribution in [3.8, 4) is 11.3 Å². The quantitative estimate of drug-likeness (QED) is 0.811. The molecule has 0 fully saturated rings. The number of carbonyl (C=O) groups is 1. The van der Waals surface area contributed by atoms with Gasteiger partial charge in [-0.3, -0.25) is 4.68 Å². The number of hydrogen-bond donors (Lipinski definition) is 0. The average molecular weight is 289 g/mol. The van der Waals surface area contributed by atoms with E-state index in [1.54, 1.807) is 30.3 Å². The highest BCUT2D eigenvalue weighted by atomic mass is 35.5. The number of benzene rings is 1. The lowest BCUT2D eigenvalue weighted by Crippen LogP contribution is -2.09. The summed E-state index contributed by atoms with van der Waals surface area (Å²) in [6.45, 7) is -0.292. The van der Waals surface area contributed by atoms with Gasteiger partial charge in [-0.1, -0.05) is 41.9 Å². The van der Waals surface area contributed by atoms with Crippen LogP contribution in [0.25, 0.3) is 11.3 Å². The zero-order chi connectivity index (χ0) is 14.0. The van der Waals surface area contributed by atoms with E-state index < -0.39 is 16.9 Å². The highest BCUT2D eigenvalue weighted by Gasteiger charge is 2.39. The summed E-state index contributed by atoms with van der Waals surface area (Å²) in [6, 6.07) is 8.26. The van der Waals surface area contributed by atoms with Crippen molar-refractivity contribution < 1.29 is 18.0 Å². The third-order valence-corrected chi connectivity index (χ3v) is 2.82. The fraction of sp³-hybridized carbons (Fsp3) is 0.167. The summed E-state index contributed by atoms with van der Waals surface area (Å²) in [5.74, 6) is 0. The highest BCUT2D eigenvalue weighted by Crippen LogP contribution is 2.39. The van der Waals surface area contributed by atoms with Crippen molar-refractivity contribution in [1.29, 1.82) is 0 Å². The smallest absolute Gasteiger partial charge is 0.301 e. The van der Waals surface area contributed by atoms with Crippen LogP contribution in [0.2, 0.25) is 5.02 Å². The summed E-state index contributed by atoms with van der Waals surface area (Å²) in [4.78, 5) is 10.5. The van der Waals surface area contributed by atoms with Crippen molar-refractivity contribution in [2.75, 3.05) is 0 Å². The Bertz CT molecular complexity index is 593. The largest absolute Gasteiger partial charge is 0.436 e. The van der Waals surface area contributed by atoms with E-state index in [4.69, 9.17) is 11.6 Å². The van der Waals surface area contributed by atoms with Gasteiger partial charge >= 0.3 is 6.18 Å². The Balaban J connectivity index is 2.65. The third kappa shape index (κ3) is 2.63. The van der Waals surface area contributed by atoms with Gasteiger partial charge in [0.1, 0.15) is 6.29 Å². The molecule has 1 aromatic carbocycles. The van der Waals surface area contributed by atoms with Gasteiger partial charge in [0.05, 0.1) is 17.3 Å². The summed E-state index contributed by atoms with van der Waals surface area (Å²) in [5.41, 5.74) is -0.631. The number of halogens is 4. The molecule has 1 heterocycles. The van der Waals surface area contributed by atoms with Gasteiger partial charge in [0.15, 0.2) is 5.69 Å². The fourth-order valence-corrected chi connectivity index (χ4v) is 2.05. The van der Waals surface area contributed by atoms with Gasteiger partial charge in [-0.2, -0.15) is 18.3 Å². The first-order chi connectivity index (χ1) is 8.95. The second-order valence-corrected chi connectivity index (χ2v) is 4.10. The molecule has 0 saturated heterocycles. The first kappa shape index (κ1) is 13.6. The second-order valence-electron chi connectivity index (χ2n) is 3.72. The Morgan fingerprint density at radius 2 is 1.89 bits per heavy atom. The van der Waals surface area contributed by atoms with Gasteiger partial charge in [-0.25, -0.2) is 0 Å². The van der Waals surface area contributed by atoms with E-state index in [1.165, 1.54) is 0 Å². The molecule has 0 atom stereocenters. The first-order valence-electron chi connectivity index (χ1n) is 5.27. The number of nitrogens with zero attached hydrogens (tertiary/aromatic N) is 2. The molecule has 0 unspecified atom stereocenters. The SMILES string of the molecule is O=CCn1nc(C(F)(F)F)c(Cl)c1-c1ccccc1. The van der Waals surface area contributed by atoms with Crippen molar-refractivity contribution in [2.24, 2.45) is 0 Å². The molecular weight excluding hydrogens is 281 g/mol. The summed E-state index contributed by atoms with van der Waals surface area (Å²) in [5, 5.41) is 2.88. The van der Waals surface area contributed by atoms with Gasteiger partial charge in [0.2, 0.25) is 0 Å². The molecule has 0 amide bonds. The van der Waals surface area contributed by atoms with Crippen LogP contribution in [0.1, 0.15) is 5.69 Å². The van der Waals surface area contributed by atoms with E-state index in [0.717, 1.165) is 4.68 Å². The molecule has 2 rings (SSSR count). The Labute approximate surface area is 111 Å². The van der Waals surface area contributed by atoms with Crippen molar-refractivity contribution in [2.45, 2.75) is 12.7 Å². The molecule has 0 aliphatic carbocycles. The van der Waals surface area contributed by atoms with E-state index in [2.05, 4.69) is 5.10 Å². The summed E-state index contributed by atoms with van der Waals surface area (Å²) >= 11 is 5.77. The van der Waals surface area contributed by atoms with E-state index in [0.29, 0.717) is 11.8 Å². The number of rotatable bonds is 3. The van der Waals surface area contributed by atoms with Crippen LogP contribution in [-0.4, -0.2) is 16.1 Å². The normalized spacial score (nSPS) is 11.6. The minimum Gasteiger partial charge on any atom is -0.301 e. The first-order valence-corrected chi connectivity index (χ1v) is 5.65. The van der Waals surface area contributed by atoms with Crippen molar-refractivity contribution >= 4 is 17.9 Å². The summed E-state index contributed by atoms with van der Waals surface area (Å²) in [6.07, 6.45) is -4.19. The van der Waals surface area contributed by atoms with Gasteiger partial charge < -0.3 is 4.79 Å². The molecule has 0 spiro atoms. The Kier molecular flexibility index (Phi) is 3.61. The molecule has 1 aromatic heterocycles. The maximum absolute atomic E-state index is 12.7. The van der Waals surface area contributed by atoms with E-state index in [1.807, 2.05) is 0 Å². The van der Waals surface area contributed by atoms with Crippen molar-refractivity contribution in [3.63, 3.8) is 0 Å². The monoisotopic (exact) mass is 288 g/mol.